The highest BCUT2D eigenvalue weighted by molar-refractivity contribution is 5.95. The summed E-state index contributed by atoms with van der Waals surface area (Å²) in [7, 11) is 0. The predicted molar refractivity (Wildman–Crippen MR) is 92.5 cm³/mol. The minimum atomic E-state index is -4.92. The van der Waals surface area contributed by atoms with Crippen molar-refractivity contribution in [2.75, 3.05) is 6.54 Å². The average Bonchev–Trinajstić information content (AvgIpc) is 3.12. The highest BCUT2D eigenvalue weighted by atomic mass is 19.4. The van der Waals surface area contributed by atoms with Crippen LogP contribution < -0.4 is 5.32 Å². The zero-order chi connectivity index (χ0) is 21.2. The molecule has 1 aliphatic rings. The largest absolute Gasteiger partial charge is 0.434 e. The fraction of sp³-hybridized carbons (Fsp3) is 0.474. The Morgan fingerprint density at radius 3 is 2.17 bits per heavy atom. The summed E-state index contributed by atoms with van der Waals surface area (Å²) in [5.74, 6) is -0.673. The highest BCUT2D eigenvalue weighted by Crippen LogP contribution is 2.35. The van der Waals surface area contributed by atoms with E-state index in [1.54, 1.807) is 0 Å². The molecule has 2 aromatic rings. The number of amides is 1. The number of alkyl halides is 6. The molecular weight excluding hydrogens is 400 g/mol. The van der Waals surface area contributed by atoms with E-state index < -0.39 is 35.1 Å². The molecular formula is C19H19F6N3O. The van der Waals surface area contributed by atoms with Gasteiger partial charge < -0.3 is 5.32 Å². The van der Waals surface area contributed by atoms with E-state index in [2.05, 4.69) is 10.4 Å². The van der Waals surface area contributed by atoms with Crippen molar-refractivity contribution in [2.24, 2.45) is 5.92 Å². The van der Waals surface area contributed by atoms with Gasteiger partial charge in [-0.05, 0) is 43.0 Å². The summed E-state index contributed by atoms with van der Waals surface area (Å²) in [6.45, 7) is 0.279. The maximum Gasteiger partial charge on any atom is 0.434 e. The molecule has 0 unspecified atom stereocenters. The monoisotopic (exact) mass is 419 g/mol. The van der Waals surface area contributed by atoms with Gasteiger partial charge in [0.15, 0.2) is 5.69 Å². The Hall–Kier alpha value is -2.52. The van der Waals surface area contributed by atoms with Gasteiger partial charge in [-0.2, -0.15) is 31.4 Å². The molecule has 158 valence electrons. The molecule has 29 heavy (non-hydrogen) atoms. The van der Waals surface area contributed by atoms with Crippen molar-refractivity contribution in [1.29, 1.82) is 0 Å². The van der Waals surface area contributed by atoms with Crippen LogP contribution in [0.2, 0.25) is 0 Å². The van der Waals surface area contributed by atoms with E-state index in [1.165, 1.54) is 0 Å². The van der Waals surface area contributed by atoms with E-state index >= 15 is 0 Å². The van der Waals surface area contributed by atoms with Gasteiger partial charge in [-0.1, -0.05) is 19.3 Å². The maximum atomic E-state index is 13.6. The molecule has 0 saturated heterocycles. The summed E-state index contributed by atoms with van der Waals surface area (Å²) in [6, 6.07) is 3.10. The first-order chi connectivity index (χ1) is 13.6. The maximum absolute atomic E-state index is 13.6. The van der Waals surface area contributed by atoms with Gasteiger partial charge in [0.05, 0.1) is 23.0 Å². The van der Waals surface area contributed by atoms with Gasteiger partial charge >= 0.3 is 12.4 Å². The lowest BCUT2D eigenvalue weighted by Crippen LogP contribution is -2.31. The van der Waals surface area contributed by atoms with E-state index in [-0.39, 0.29) is 18.2 Å². The summed E-state index contributed by atoms with van der Waals surface area (Å²) >= 11 is 0. The number of nitrogens with one attached hydrogen (secondary N) is 1. The second-order valence-electron chi connectivity index (χ2n) is 7.08. The summed E-state index contributed by atoms with van der Waals surface area (Å²) in [6.07, 6.45) is -3.75. The molecule has 4 nitrogen and oxygen atoms in total. The summed E-state index contributed by atoms with van der Waals surface area (Å²) in [5.41, 5.74) is -3.20. The molecule has 1 N–H and O–H groups in total. The molecule has 0 atom stereocenters. The zero-order valence-corrected chi connectivity index (χ0v) is 15.3. The molecule has 0 radical (unpaired) electrons. The first-order valence-corrected chi connectivity index (χ1v) is 9.18. The van der Waals surface area contributed by atoms with E-state index in [0.717, 1.165) is 50.4 Å². The summed E-state index contributed by atoms with van der Waals surface area (Å²) < 4.78 is 79.4. The van der Waals surface area contributed by atoms with Crippen LogP contribution in [0.25, 0.3) is 5.69 Å². The van der Waals surface area contributed by atoms with Crippen molar-refractivity contribution in [3.8, 4) is 5.69 Å². The predicted octanol–water partition coefficient (Wildman–Crippen LogP) is 5.22. The Morgan fingerprint density at radius 1 is 1.00 bits per heavy atom. The van der Waals surface area contributed by atoms with Crippen LogP contribution in [-0.4, -0.2) is 22.2 Å². The molecule has 10 heteroatoms. The molecule has 1 fully saturated rings. The molecule has 0 bridgehead atoms. The SMILES string of the molecule is O=C(NCC1CCCCC1)c1cnn(-c2ccc(C(F)(F)F)cc2)c1C(F)(F)F. The van der Waals surface area contributed by atoms with E-state index in [4.69, 9.17) is 0 Å². The van der Waals surface area contributed by atoms with Crippen LogP contribution >= 0.6 is 0 Å². The number of hydrogen-bond acceptors (Lipinski definition) is 2. The van der Waals surface area contributed by atoms with Crippen LogP contribution in [0.5, 0.6) is 0 Å². The highest BCUT2D eigenvalue weighted by Gasteiger charge is 2.41. The lowest BCUT2D eigenvalue weighted by atomic mass is 9.89. The molecule has 1 saturated carbocycles. The van der Waals surface area contributed by atoms with Crippen molar-refractivity contribution >= 4 is 5.91 Å². The van der Waals surface area contributed by atoms with Gasteiger partial charge in [-0.3, -0.25) is 4.79 Å². The van der Waals surface area contributed by atoms with Crippen LogP contribution in [0.1, 0.15) is 53.7 Å². The average molecular weight is 419 g/mol. The quantitative estimate of drug-likeness (QED) is 0.691. The van der Waals surface area contributed by atoms with Crippen molar-refractivity contribution in [3.63, 3.8) is 0 Å². The minimum absolute atomic E-state index is 0.225. The Labute approximate surface area is 162 Å². The first kappa shape index (κ1) is 21.2. The molecule has 1 heterocycles. The second kappa shape index (κ2) is 8.08. The smallest absolute Gasteiger partial charge is 0.352 e. The van der Waals surface area contributed by atoms with Crippen LogP contribution in [0.3, 0.4) is 0 Å². The summed E-state index contributed by atoms with van der Waals surface area (Å²) in [5, 5.41) is 6.15. The summed E-state index contributed by atoms with van der Waals surface area (Å²) in [4.78, 5) is 12.4. The normalized spacial score (nSPS) is 16.1. The van der Waals surface area contributed by atoms with Gasteiger partial charge in [-0.15, -0.1) is 0 Å². The van der Waals surface area contributed by atoms with E-state index in [9.17, 15) is 31.1 Å². The third-order valence-electron chi connectivity index (χ3n) is 5.00. The van der Waals surface area contributed by atoms with Gasteiger partial charge in [0.25, 0.3) is 5.91 Å². The molecule has 0 aliphatic heterocycles. The third kappa shape index (κ3) is 4.91. The number of hydrogen-bond donors (Lipinski definition) is 1. The van der Waals surface area contributed by atoms with Gasteiger partial charge in [0.1, 0.15) is 0 Å². The van der Waals surface area contributed by atoms with Crippen LogP contribution in [0.15, 0.2) is 30.5 Å². The standard InChI is InChI=1S/C19H19F6N3O/c20-18(21,22)13-6-8-14(9-7-13)28-16(19(23,24)25)15(11-27-28)17(29)26-10-12-4-2-1-3-5-12/h6-9,11-12H,1-5,10H2,(H,26,29). The lowest BCUT2D eigenvalue weighted by molar-refractivity contribution is -0.143. The Bertz CT molecular complexity index is 848. The number of carbonyl (C=O) groups is 1. The molecule has 1 aromatic heterocycles. The molecule has 1 amide bonds. The molecule has 3 rings (SSSR count). The number of nitrogens with zero attached hydrogens (tertiary/aromatic N) is 2. The number of benzene rings is 1. The number of rotatable bonds is 4. The van der Waals surface area contributed by atoms with Gasteiger partial charge in [-0.25, -0.2) is 4.68 Å². The fourth-order valence-electron chi connectivity index (χ4n) is 3.50. The van der Waals surface area contributed by atoms with Crippen molar-refractivity contribution in [3.05, 3.63) is 47.3 Å². The Kier molecular flexibility index (Phi) is 5.90. The van der Waals surface area contributed by atoms with Crippen molar-refractivity contribution in [2.45, 2.75) is 44.5 Å². The zero-order valence-electron chi connectivity index (χ0n) is 15.3. The van der Waals surface area contributed by atoms with Crippen molar-refractivity contribution < 1.29 is 31.1 Å². The van der Waals surface area contributed by atoms with E-state index in [1.807, 2.05) is 0 Å². The molecule has 0 spiro atoms. The minimum Gasteiger partial charge on any atom is -0.352 e. The Balaban J connectivity index is 1.86. The van der Waals surface area contributed by atoms with E-state index in [0.29, 0.717) is 16.8 Å². The van der Waals surface area contributed by atoms with Crippen molar-refractivity contribution in [1.82, 2.24) is 15.1 Å². The van der Waals surface area contributed by atoms with Gasteiger partial charge in [0, 0.05) is 6.54 Å². The molecule has 1 aliphatic carbocycles. The second-order valence-corrected chi connectivity index (χ2v) is 7.08. The topological polar surface area (TPSA) is 46.9 Å². The van der Waals surface area contributed by atoms with Crippen LogP contribution in [-0.2, 0) is 12.4 Å². The van der Waals surface area contributed by atoms with Crippen LogP contribution in [0.4, 0.5) is 26.3 Å². The number of halogens is 6. The third-order valence-corrected chi connectivity index (χ3v) is 5.00. The fourth-order valence-corrected chi connectivity index (χ4v) is 3.50. The molecule has 1 aromatic carbocycles. The number of carbonyl (C=O) groups excluding carboxylic acids is 1. The Morgan fingerprint density at radius 2 is 1.62 bits per heavy atom. The number of aromatic nitrogens is 2. The lowest BCUT2D eigenvalue weighted by Gasteiger charge is -2.21. The first-order valence-electron chi connectivity index (χ1n) is 9.18. The van der Waals surface area contributed by atoms with Crippen LogP contribution in [0, 0.1) is 5.92 Å². The van der Waals surface area contributed by atoms with Gasteiger partial charge in [0.2, 0.25) is 0 Å².